The highest BCUT2D eigenvalue weighted by molar-refractivity contribution is 6.30. The summed E-state index contributed by atoms with van der Waals surface area (Å²) in [5.41, 5.74) is 4.11. The third kappa shape index (κ3) is 3.63. The van der Waals surface area contributed by atoms with Crippen LogP contribution in [0, 0.1) is 12.8 Å². The van der Waals surface area contributed by atoms with Crippen LogP contribution in [0.5, 0.6) is 0 Å². The van der Waals surface area contributed by atoms with Crippen molar-refractivity contribution >= 4 is 17.4 Å². The lowest BCUT2D eigenvalue weighted by molar-refractivity contribution is 0.481. The molecule has 1 aliphatic rings. The van der Waals surface area contributed by atoms with E-state index in [2.05, 4.69) is 42.8 Å². The standard InChI is InChI=1S/C22H26ClN5/c1-15(2)14-28-22(23)21(16(3)26-28)19-10-7-11-27(19)20-13-24-12-18(25-20)17-8-5-4-6-9-17/h4-6,8-9,12-13,15,19H,7,10-11,14H2,1-3H3. The van der Waals surface area contributed by atoms with Gasteiger partial charge in [-0.15, -0.1) is 0 Å². The molecule has 3 aromatic rings. The van der Waals surface area contributed by atoms with Gasteiger partial charge in [0.25, 0.3) is 0 Å². The Hall–Kier alpha value is -2.40. The van der Waals surface area contributed by atoms with Crippen LogP contribution >= 0.6 is 11.6 Å². The number of benzene rings is 1. The van der Waals surface area contributed by atoms with Crippen molar-refractivity contribution in [3.05, 3.63) is 59.1 Å². The van der Waals surface area contributed by atoms with Crippen molar-refractivity contribution in [2.75, 3.05) is 11.4 Å². The number of nitrogens with zero attached hydrogens (tertiary/aromatic N) is 5. The Kier molecular flexibility index (Phi) is 5.36. The number of halogens is 1. The quantitative estimate of drug-likeness (QED) is 0.588. The number of rotatable bonds is 5. The molecule has 28 heavy (non-hydrogen) atoms. The molecule has 1 atom stereocenters. The van der Waals surface area contributed by atoms with E-state index in [-0.39, 0.29) is 6.04 Å². The summed E-state index contributed by atoms with van der Waals surface area (Å²) in [5.74, 6) is 1.40. The van der Waals surface area contributed by atoms with Gasteiger partial charge in [0.05, 0.1) is 29.8 Å². The largest absolute Gasteiger partial charge is 0.348 e. The van der Waals surface area contributed by atoms with Crippen molar-refractivity contribution in [2.24, 2.45) is 5.92 Å². The third-order valence-electron chi connectivity index (χ3n) is 5.22. The Labute approximate surface area is 171 Å². The van der Waals surface area contributed by atoms with Gasteiger partial charge in [-0.25, -0.2) is 4.98 Å². The van der Waals surface area contributed by atoms with Gasteiger partial charge in [-0.05, 0) is 25.7 Å². The van der Waals surface area contributed by atoms with E-state index in [4.69, 9.17) is 21.7 Å². The van der Waals surface area contributed by atoms with E-state index in [1.54, 1.807) is 0 Å². The van der Waals surface area contributed by atoms with Crippen molar-refractivity contribution in [3.63, 3.8) is 0 Å². The molecule has 1 aliphatic heterocycles. The maximum atomic E-state index is 6.77. The van der Waals surface area contributed by atoms with Gasteiger partial charge in [0.2, 0.25) is 0 Å². The van der Waals surface area contributed by atoms with Crippen molar-refractivity contribution < 1.29 is 0 Å². The van der Waals surface area contributed by atoms with E-state index < -0.39 is 0 Å². The fraction of sp³-hybridized carbons (Fsp3) is 0.409. The average Bonchev–Trinajstić information content (AvgIpc) is 3.27. The van der Waals surface area contributed by atoms with Gasteiger partial charge in [-0.1, -0.05) is 55.8 Å². The van der Waals surface area contributed by atoms with Crippen LogP contribution in [0.3, 0.4) is 0 Å². The Morgan fingerprint density at radius 2 is 1.96 bits per heavy atom. The van der Waals surface area contributed by atoms with Crippen molar-refractivity contribution in [3.8, 4) is 11.3 Å². The Morgan fingerprint density at radius 3 is 2.71 bits per heavy atom. The molecule has 0 amide bonds. The SMILES string of the molecule is Cc1nn(CC(C)C)c(Cl)c1C1CCCN1c1cncc(-c2ccccc2)n1. The molecule has 0 aliphatic carbocycles. The van der Waals surface area contributed by atoms with Crippen LogP contribution in [0.2, 0.25) is 5.15 Å². The molecule has 1 fully saturated rings. The summed E-state index contributed by atoms with van der Waals surface area (Å²) in [4.78, 5) is 11.7. The van der Waals surface area contributed by atoms with Gasteiger partial charge in [0.1, 0.15) is 11.0 Å². The van der Waals surface area contributed by atoms with Gasteiger partial charge in [-0.3, -0.25) is 9.67 Å². The van der Waals surface area contributed by atoms with Gasteiger partial charge >= 0.3 is 0 Å². The van der Waals surface area contributed by atoms with Gasteiger partial charge < -0.3 is 4.90 Å². The van der Waals surface area contributed by atoms with E-state index in [0.717, 1.165) is 59.4 Å². The Morgan fingerprint density at radius 1 is 1.18 bits per heavy atom. The summed E-state index contributed by atoms with van der Waals surface area (Å²) in [6, 6.07) is 10.4. The molecular weight excluding hydrogens is 370 g/mol. The molecule has 2 aromatic heterocycles. The number of anilines is 1. The lowest BCUT2D eigenvalue weighted by Gasteiger charge is -2.26. The van der Waals surface area contributed by atoms with Gasteiger partial charge in [-0.2, -0.15) is 5.10 Å². The molecule has 0 saturated carbocycles. The summed E-state index contributed by atoms with van der Waals surface area (Å²) >= 11 is 6.77. The predicted octanol–water partition coefficient (Wildman–Crippen LogP) is 5.30. The minimum atomic E-state index is 0.189. The molecule has 146 valence electrons. The second kappa shape index (κ2) is 7.92. The summed E-state index contributed by atoms with van der Waals surface area (Å²) in [7, 11) is 0. The average molecular weight is 396 g/mol. The minimum Gasteiger partial charge on any atom is -0.348 e. The minimum absolute atomic E-state index is 0.189. The monoisotopic (exact) mass is 395 g/mol. The molecule has 5 nitrogen and oxygen atoms in total. The first-order valence-corrected chi connectivity index (χ1v) is 10.3. The van der Waals surface area contributed by atoms with Crippen molar-refractivity contribution in [1.82, 2.24) is 19.7 Å². The zero-order valence-corrected chi connectivity index (χ0v) is 17.4. The van der Waals surface area contributed by atoms with E-state index in [1.807, 2.05) is 35.3 Å². The summed E-state index contributed by atoms with van der Waals surface area (Å²) in [6.45, 7) is 8.19. The van der Waals surface area contributed by atoms with E-state index >= 15 is 0 Å². The van der Waals surface area contributed by atoms with Crippen molar-refractivity contribution in [2.45, 2.75) is 46.2 Å². The molecule has 0 bridgehead atoms. The zero-order valence-electron chi connectivity index (χ0n) is 16.6. The highest BCUT2D eigenvalue weighted by atomic mass is 35.5. The van der Waals surface area contributed by atoms with Crippen molar-refractivity contribution in [1.29, 1.82) is 0 Å². The molecule has 4 rings (SSSR count). The highest BCUT2D eigenvalue weighted by Crippen LogP contribution is 2.40. The summed E-state index contributed by atoms with van der Waals surface area (Å²) < 4.78 is 1.94. The van der Waals surface area contributed by atoms with Gasteiger partial charge in [0.15, 0.2) is 0 Å². The van der Waals surface area contributed by atoms with Crippen LogP contribution in [0.1, 0.15) is 44.0 Å². The fourth-order valence-corrected chi connectivity index (χ4v) is 4.37. The predicted molar refractivity (Wildman–Crippen MR) is 114 cm³/mol. The maximum Gasteiger partial charge on any atom is 0.148 e. The summed E-state index contributed by atoms with van der Waals surface area (Å²) in [6.07, 6.45) is 5.83. The number of aromatic nitrogens is 4. The summed E-state index contributed by atoms with van der Waals surface area (Å²) in [5, 5.41) is 5.47. The Balaban J connectivity index is 1.68. The van der Waals surface area contributed by atoms with Crippen LogP contribution < -0.4 is 4.90 Å². The second-order valence-corrected chi connectivity index (χ2v) is 8.20. The molecular formula is C22H26ClN5. The molecule has 1 saturated heterocycles. The molecule has 1 unspecified atom stereocenters. The molecule has 6 heteroatoms. The normalized spacial score (nSPS) is 16.9. The lowest BCUT2D eigenvalue weighted by Crippen LogP contribution is -2.24. The highest BCUT2D eigenvalue weighted by Gasteiger charge is 2.32. The maximum absolute atomic E-state index is 6.77. The smallest absolute Gasteiger partial charge is 0.148 e. The van der Waals surface area contributed by atoms with E-state index in [0.29, 0.717) is 5.92 Å². The van der Waals surface area contributed by atoms with Crippen LogP contribution in [0.25, 0.3) is 11.3 Å². The lowest BCUT2D eigenvalue weighted by atomic mass is 10.1. The fourth-order valence-electron chi connectivity index (χ4n) is 4.00. The van der Waals surface area contributed by atoms with Gasteiger partial charge in [0, 0.05) is 24.2 Å². The first-order valence-electron chi connectivity index (χ1n) is 9.91. The molecule has 1 aromatic carbocycles. The second-order valence-electron chi connectivity index (χ2n) is 7.85. The molecule has 3 heterocycles. The van der Waals surface area contributed by atoms with E-state index in [1.165, 1.54) is 0 Å². The van der Waals surface area contributed by atoms with E-state index in [9.17, 15) is 0 Å². The third-order valence-corrected chi connectivity index (χ3v) is 5.62. The van der Waals surface area contributed by atoms with Crippen LogP contribution in [-0.2, 0) is 6.54 Å². The molecule has 0 N–H and O–H groups in total. The Bertz CT molecular complexity index is 951. The number of hydrogen-bond acceptors (Lipinski definition) is 4. The van der Waals surface area contributed by atoms with Crippen LogP contribution in [-0.4, -0.2) is 26.3 Å². The van der Waals surface area contributed by atoms with Crippen LogP contribution in [0.15, 0.2) is 42.7 Å². The zero-order chi connectivity index (χ0) is 19.7. The first-order chi connectivity index (χ1) is 13.5. The molecule has 0 radical (unpaired) electrons. The number of aryl methyl sites for hydroxylation is 1. The molecule has 0 spiro atoms. The van der Waals surface area contributed by atoms with Crippen LogP contribution in [0.4, 0.5) is 5.82 Å². The topological polar surface area (TPSA) is 46.8 Å². The number of hydrogen-bond donors (Lipinski definition) is 0. The first kappa shape index (κ1) is 18.9.